The number of hydrogen-bond donors (Lipinski definition) is 1. The highest BCUT2D eigenvalue weighted by atomic mass is 16.8. The lowest BCUT2D eigenvalue weighted by molar-refractivity contribution is -0.183. The predicted molar refractivity (Wildman–Crippen MR) is 133 cm³/mol. The number of rotatable bonds is 8. The minimum atomic E-state index is -1.05. The van der Waals surface area contributed by atoms with E-state index in [1.54, 1.807) is 0 Å². The number of carbonyl (C=O) groups is 1. The van der Waals surface area contributed by atoms with E-state index in [0.717, 1.165) is 24.0 Å². The number of nitrogens with one attached hydrogen (secondary N) is 1. The van der Waals surface area contributed by atoms with Crippen LogP contribution in [0, 0.1) is 13.8 Å². The SMILES string of the molecule is Cc1ccc(CO[C@H]2C[C@](OCc3cccc(C)c3)(C(=O)NC3CC3)C[C@H]3OC(C)(C)O[C@@H]23)cc1. The summed E-state index contributed by atoms with van der Waals surface area (Å²) in [6.07, 6.45) is 2.03. The van der Waals surface area contributed by atoms with Gasteiger partial charge in [0.2, 0.25) is 0 Å². The highest BCUT2D eigenvalue weighted by molar-refractivity contribution is 5.86. The molecule has 0 unspecified atom stereocenters. The van der Waals surface area contributed by atoms with Crippen molar-refractivity contribution in [2.45, 2.75) is 102 Å². The molecule has 4 atom stereocenters. The van der Waals surface area contributed by atoms with Crippen molar-refractivity contribution in [1.29, 1.82) is 0 Å². The molecule has 1 saturated heterocycles. The fourth-order valence-corrected chi connectivity index (χ4v) is 5.16. The van der Waals surface area contributed by atoms with Gasteiger partial charge in [0.25, 0.3) is 5.91 Å². The number of amides is 1. The second kappa shape index (κ2) is 9.66. The summed E-state index contributed by atoms with van der Waals surface area (Å²) in [5, 5.41) is 3.20. The lowest BCUT2D eigenvalue weighted by Crippen LogP contribution is -2.60. The third kappa shape index (κ3) is 5.78. The Bertz CT molecular complexity index is 1050. The van der Waals surface area contributed by atoms with Crippen LogP contribution in [0.25, 0.3) is 0 Å². The van der Waals surface area contributed by atoms with Gasteiger partial charge in [0.1, 0.15) is 6.10 Å². The molecule has 6 heteroatoms. The third-order valence-electron chi connectivity index (χ3n) is 7.16. The summed E-state index contributed by atoms with van der Waals surface area (Å²) in [5.41, 5.74) is 3.47. The number of hydrogen-bond acceptors (Lipinski definition) is 5. The van der Waals surface area contributed by atoms with Crippen molar-refractivity contribution in [2.75, 3.05) is 0 Å². The summed E-state index contributed by atoms with van der Waals surface area (Å²) in [5.74, 6) is -0.802. The first kappa shape index (κ1) is 24.4. The molecule has 1 aliphatic heterocycles. The van der Waals surface area contributed by atoms with Gasteiger partial charge in [0.15, 0.2) is 11.4 Å². The Kier molecular flexibility index (Phi) is 6.75. The van der Waals surface area contributed by atoms with E-state index in [0.29, 0.717) is 26.1 Å². The van der Waals surface area contributed by atoms with Crippen LogP contribution in [-0.4, -0.2) is 41.6 Å². The van der Waals surface area contributed by atoms with Gasteiger partial charge in [-0.2, -0.15) is 0 Å². The summed E-state index contributed by atoms with van der Waals surface area (Å²) in [7, 11) is 0. The molecule has 35 heavy (non-hydrogen) atoms. The molecule has 2 aromatic carbocycles. The molecule has 3 fully saturated rings. The van der Waals surface area contributed by atoms with Gasteiger partial charge in [-0.15, -0.1) is 0 Å². The van der Waals surface area contributed by atoms with Crippen LogP contribution in [-0.2, 0) is 37.0 Å². The molecule has 2 saturated carbocycles. The van der Waals surface area contributed by atoms with Crippen molar-refractivity contribution in [3.05, 3.63) is 70.8 Å². The number of aryl methyl sites for hydroxylation is 2. The second-order valence-corrected chi connectivity index (χ2v) is 10.9. The molecule has 0 radical (unpaired) electrons. The molecule has 6 nitrogen and oxygen atoms in total. The molecule has 0 aromatic heterocycles. The number of carbonyl (C=O) groups excluding carboxylic acids is 1. The first-order chi connectivity index (χ1) is 16.7. The molecule has 0 spiro atoms. The first-order valence-corrected chi connectivity index (χ1v) is 12.7. The van der Waals surface area contributed by atoms with Gasteiger partial charge >= 0.3 is 0 Å². The van der Waals surface area contributed by atoms with Gasteiger partial charge in [-0.25, -0.2) is 0 Å². The molecule has 1 N–H and O–H groups in total. The van der Waals surface area contributed by atoms with Gasteiger partial charge in [-0.3, -0.25) is 4.79 Å². The van der Waals surface area contributed by atoms with Gasteiger partial charge in [-0.05, 0) is 51.7 Å². The zero-order chi connectivity index (χ0) is 24.6. The third-order valence-corrected chi connectivity index (χ3v) is 7.16. The molecule has 2 aliphatic carbocycles. The van der Waals surface area contributed by atoms with Gasteiger partial charge < -0.3 is 24.3 Å². The first-order valence-electron chi connectivity index (χ1n) is 12.7. The van der Waals surface area contributed by atoms with Gasteiger partial charge in [0.05, 0.1) is 25.4 Å². The van der Waals surface area contributed by atoms with E-state index in [1.807, 2.05) is 26.0 Å². The smallest absolute Gasteiger partial charge is 0.252 e. The van der Waals surface area contributed by atoms with Crippen molar-refractivity contribution in [2.24, 2.45) is 0 Å². The van der Waals surface area contributed by atoms with E-state index in [4.69, 9.17) is 18.9 Å². The largest absolute Gasteiger partial charge is 0.371 e. The summed E-state index contributed by atoms with van der Waals surface area (Å²) >= 11 is 0. The Labute approximate surface area is 208 Å². The van der Waals surface area contributed by atoms with Crippen molar-refractivity contribution in [3.8, 4) is 0 Å². The Hall–Kier alpha value is -2.25. The Morgan fingerprint density at radius 3 is 2.46 bits per heavy atom. The molecule has 0 bridgehead atoms. The molecule has 1 amide bonds. The van der Waals surface area contributed by atoms with Crippen molar-refractivity contribution in [1.82, 2.24) is 5.32 Å². The standard InChI is InChI=1S/C29H37NO5/c1-19-8-10-21(11-9-19)17-32-24-15-29(27(31)30-23-12-13-23,16-25-26(24)35-28(3,4)34-25)33-18-22-7-5-6-20(2)14-22/h5-11,14,23-26H,12-13,15-18H2,1-4H3,(H,30,31)/t24-,25+,26-,29+/m0/s1. The lowest BCUT2D eigenvalue weighted by Gasteiger charge is -2.43. The summed E-state index contributed by atoms with van der Waals surface area (Å²) in [6, 6.07) is 16.8. The predicted octanol–water partition coefficient (Wildman–Crippen LogP) is 4.74. The molecule has 2 aromatic rings. The number of ether oxygens (including phenoxy) is 4. The highest BCUT2D eigenvalue weighted by Gasteiger charge is 2.58. The molecular formula is C29H37NO5. The molecule has 5 rings (SSSR count). The minimum absolute atomic E-state index is 0.0663. The summed E-state index contributed by atoms with van der Waals surface area (Å²) in [6.45, 7) is 8.76. The van der Waals surface area contributed by atoms with E-state index >= 15 is 0 Å². The monoisotopic (exact) mass is 479 g/mol. The van der Waals surface area contributed by atoms with Crippen LogP contribution in [0.15, 0.2) is 48.5 Å². The number of fused-ring (bicyclic) bond motifs is 1. The maximum Gasteiger partial charge on any atom is 0.252 e. The van der Waals surface area contributed by atoms with Crippen molar-refractivity contribution >= 4 is 5.91 Å². The van der Waals surface area contributed by atoms with Crippen molar-refractivity contribution in [3.63, 3.8) is 0 Å². The van der Waals surface area contributed by atoms with Crippen LogP contribution in [0.3, 0.4) is 0 Å². The molecule has 3 aliphatic rings. The molecular weight excluding hydrogens is 442 g/mol. The zero-order valence-corrected chi connectivity index (χ0v) is 21.2. The Morgan fingerprint density at radius 1 is 0.971 bits per heavy atom. The van der Waals surface area contributed by atoms with E-state index in [-0.39, 0.29) is 30.3 Å². The quantitative estimate of drug-likeness (QED) is 0.593. The Morgan fingerprint density at radius 2 is 1.74 bits per heavy atom. The van der Waals surface area contributed by atoms with Crippen LogP contribution < -0.4 is 5.32 Å². The normalized spacial score (nSPS) is 29.5. The van der Waals surface area contributed by atoms with Crippen LogP contribution >= 0.6 is 0 Å². The van der Waals surface area contributed by atoms with Crippen LogP contribution in [0.1, 0.15) is 61.8 Å². The Balaban J connectivity index is 1.40. The number of benzene rings is 2. The van der Waals surface area contributed by atoms with Crippen LogP contribution in [0.5, 0.6) is 0 Å². The fourth-order valence-electron chi connectivity index (χ4n) is 5.16. The highest BCUT2D eigenvalue weighted by Crippen LogP contribution is 2.44. The minimum Gasteiger partial charge on any atom is -0.371 e. The van der Waals surface area contributed by atoms with E-state index in [1.165, 1.54) is 11.1 Å². The molecule has 1 heterocycles. The summed E-state index contributed by atoms with van der Waals surface area (Å²) < 4.78 is 25.6. The van der Waals surface area contributed by atoms with E-state index in [2.05, 4.69) is 55.6 Å². The van der Waals surface area contributed by atoms with Crippen molar-refractivity contribution < 1.29 is 23.7 Å². The van der Waals surface area contributed by atoms with Crippen LogP contribution in [0.4, 0.5) is 0 Å². The maximum atomic E-state index is 13.7. The molecule has 188 valence electrons. The van der Waals surface area contributed by atoms with E-state index in [9.17, 15) is 4.79 Å². The van der Waals surface area contributed by atoms with Crippen LogP contribution in [0.2, 0.25) is 0 Å². The second-order valence-electron chi connectivity index (χ2n) is 10.9. The van der Waals surface area contributed by atoms with Gasteiger partial charge in [-0.1, -0.05) is 59.7 Å². The van der Waals surface area contributed by atoms with E-state index < -0.39 is 11.4 Å². The van der Waals surface area contributed by atoms with Gasteiger partial charge in [0, 0.05) is 18.9 Å². The zero-order valence-electron chi connectivity index (χ0n) is 21.2. The average Bonchev–Trinajstić information content (AvgIpc) is 3.57. The average molecular weight is 480 g/mol. The summed E-state index contributed by atoms with van der Waals surface area (Å²) in [4.78, 5) is 13.7. The topological polar surface area (TPSA) is 66.0 Å². The lowest BCUT2D eigenvalue weighted by atomic mass is 9.78. The fraction of sp³-hybridized carbons (Fsp3) is 0.552. The maximum absolute atomic E-state index is 13.7.